The molecule has 1 aliphatic carbocycles. The van der Waals surface area contributed by atoms with Gasteiger partial charge in [-0.2, -0.15) is 0 Å². The number of guanidine groups is 1. The van der Waals surface area contributed by atoms with Crippen LogP contribution in [0.4, 0.5) is 0 Å². The van der Waals surface area contributed by atoms with Crippen molar-refractivity contribution < 1.29 is 4.79 Å². The average molecular weight is 237 g/mol. The first-order valence-corrected chi connectivity index (χ1v) is 6.72. The van der Waals surface area contributed by atoms with Gasteiger partial charge >= 0.3 is 0 Å². The second-order valence-electron chi connectivity index (χ2n) is 5.63. The summed E-state index contributed by atoms with van der Waals surface area (Å²) < 4.78 is 0. The van der Waals surface area contributed by atoms with Crippen molar-refractivity contribution in [3.8, 4) is 0 Å². The number of carbonyl (C=O) groups excluding carboxylic acids is 1. The number of hydrogen-bond acceptors (Lipinski definition) is 2. The van der Waals surface area contributed by atoms with Crippen molar-refractivity contribution in [1.82, 2.24) is 10.6 Å². The van der Waals surface area contributed by atoms with E-state index in [2.05, 4.69) is 36.4 Å². The Bertz CT molecular complexity index is 338. The van der Waals surface area contributed by atoms with Crippen molar-refractivity contribution in [2.24, 2.45) is 16.8 Å². The lowest BCUT2D eigenvalue weighted by molar-refractivity contribution is -0.125. The van der Waals surface area contributed by atoms with Gasteiger partial charge in [-0.25, -0.2) is 0 Å². The molecule has 4 heteroatoms. The Morgan fingerprint density at radius 3 is 2.94 bits per heavy atom. The van der Waals surface area contributed by atoms with E-state index in [4.69, 9.17) is 0 Å². The largest absolute Gasteiger partial charge is 0.341 e. The van der Waals surface area contributed by atoms with Crippen LogP contribution < -0.4 is 10.6 Å². The zero-order chi connectivity index (χ0) is 12.5. The summed E-state index contributed by atoms with van der Waals surface area (Å²) in [5.41, 5.74) is -0.357. The lowest BCUT2D eigenvalue weighted by Crippen LogP contribution is -2.49. The molecule has 2 atom stereocenters. The zero-order valence-corrected chi connectivity index (χ0v) is 11.0. The molecule has 2 rings (SSSR count). The van der Waals surface area contributed by atoms with E-state index in [1.807, 2.05) is 0 Å². The first-order chi connectivity index (χ1) is 8.08. The maximum atomic E-state index is 12.2. The Morgan fingerprint density at radius 2 is 2.29 bits per heavy atom. The summed E-state index contributed by atoms with van der Waals surface area (Å²) in [5.74, 6) is 1.78. The minimum atomic E-state index is -0.357. The van der Waals surface area contributed by atoms with Gasteiger partial charge in [-0.1, -0.05) is 33.6 Å². The van der Waals surface area contributed by atoms with Crippen LogP contribution in [0.3, 0.4) is 0 Å². The molecule has 2 aliphatic rings. The van der Waals surface area contributed by atoms with Crippen LogP contribution >= 0.6 is 0 Å². The minimum Gasteiger partial charge on any atom is -0.341 e. The van der Waals surface area contributed by atoms with Crippen molar-refractivity contribution in [1.29, 1.82) is 0 Å². The van der Waals surface area contributed by atoms with Crippen LogP contribution in [0.2, 0.25) is 0 Å². The summed E-state index contributed by atoms with van der Waals surface area (Å²) in [6.07, 6.45) is 4.28. The highest BCUT2D eigenvalue weighted by Gasteiger charge is 2.52. The highest BCUT2D eigenvalue weighted by Crippen LogP contribution is 2.39. The molecular formula is C13H23N3O. The summed E-state index contributed by atoms with van der Waals surface area (Å²) in [4.78, 5) is 16.6. The second kappa shape index (κ2) is 4.67. The molecule has 0 bridgehead atoms. The average Bonchev–Trinajstić information content (AvgIpc) is 2.82. The Morgan fingerprint density at radius 1 is 1.53 bits per heavy atom. The number of nitrogens with one attached hydrogen (secondary N) is 2. The molecule has 2 fully saturated rings. The van der Waals surface area contributed by atoms with Gasteiger partial charge in [-0.3, -0.25) is 15.1 Å². The lowest BCUT2D eigenvalue weighted by atomic mass is 9.85. The molecule has 0 radical (unpaired) electrons. The number of aliphatic imine (C=N–C) groups is 1. The van der Waals surface area contributed by atoms with E-state index in [0.29, 0.717) is 17.8 Å². The fraction of sp³-hybridized carbons (Fsp3) is 0.846. The summed E-state index contributed by atoms with van der Waals surface area (Å²) in [5, 5.41) is 6.27. The van der Waals surface area contributed by atoms with E-state index < -0.39 is 0 Å². The van der Waals surface area contributed by atoms with Gasteiger partial charge in [0, 0.05) is 6.54 Å². The molecule has 1 saturated carbocycles. The van der Waals surface area contributed by atoms with Gasteiger partial charge in [0.25, 0.3) is 5.91 Å². The molecule has 0 aromatic heterocycles. The zero-order valence-electron chi connectivity index (χ0n) is 11.0. The van der Waals surface area contributed by atoms with Crippen LogP contribution in [0.5, 0.6) is 0 Å². The monoisotopic (exact) mass is 237 g/mol. The summed E-state index contributed by atoms with van der Waals surface area (Å²) in [6.45, 7) is 7.17. The highest BCUT2D eigenvalue weighted by atomic mass is 16.2. The number of amides is 1. The first kappa shape index (κ1) is 12.4. The van der Waals surface area contributed by atoms with E-state index >= 15 is 0 Å². The highest BCUT2D eigenvalue weighted by molar-refractivity contribution is 6.09. The third-order valence-corrected chi connectivity index (χ3v) is 3.91. The molecule has 96 valence electrons. The van der Waals surface area contributed by atoms with Gasteiger partial charge in [0.15, 0.2) is 5.96 Å². The molecule has 2 unspecified atom stereocenters. The summed E-state index contributed by atoms with van der Waals surface area (Å²) >= 11 is 0. The summed E-state index contributed by atoms with van der Waals surface area (Å²) in [7, 11) is 0. The molecule has 0 aromatic carbocycles. The number of rotatable bonds is 3. The molecular weight excluding hydrogens is 214 g/mol. The molecule has 4 nitrogen and oxygen atoms in total. The van der Waals surface area contributed by atoms with Crippen LogP contribution in [-0.2, 0) is 4.79 Å². The lowest BCUT2D eigenvalue weighted by Gasteiger charge is -2.27. The van der Waals surface area contributed by atoms with Crippen LogP contribution in [0.15, 0.2) is 4.99 Å². The first-order valence-electron chi connectivity index (χ1n) is 6.72. The van der Waals surface area contributed by atoms with Gasteiger partial charge in [-0.05, 0) is 24.7 Å². The number of hydrogen-bond donors (Lipinski definition) is 2. The van der Waals surface area contributed by atoms with Crippen LogP contribution in [-0.4, -0.2) is 24.0 Å². The van der Waals surface area contributed by atoms with Gasteiger partial charge in [0.1, 0.15) is 5.54 Å². The summed E-state index contributed by atoms with van der Waals surface area (Å²) in [6, 6.07) is 0. The van der Waals surface area contributed by atoms with E-state index in [1.165, 1.54) is 0 Å². The van der Waals surface area contributed by atoms with E-state index in [1.54, 1.807) is 0 Å². The molecule has 1 heterocycles. The molecule has 0 aromatic rings. The Hall–Kier alpha value is -1.06. The Labute approximate surface area is 103 Å². The number of nitrogens with zero attached hydrogens (tertiary/aromatic N) is 1. The molecule has 1 aliphatic heterocycles. The normalized spacial score (nSPS) is 34.7. The van der Waals surface area contributed by atoms with Gasteiger partial charge in [0.05, 0.1) is 0 Å². The smallest absolute Gasteiger partial charge is 0.252 e. The van der Waals surface area contributed by atoms with Crippen molar-refractivity contribution in [3.63, 3.8) is 0 Å². The predicted molar refractivity (Wildman–Crippen MR) is 68.8 cm³/mol. The standard InChI is InChI=1S/C13H23N3O/c1-4-10-6-5-7-13(10)11(17)15-12(16-13)14-8-9(2)3/h9-10H,4-8H2,1-3H3,(H2,14,15,16,17). The number of carbonyl (C=O) groups is 1. The fourth-order valence-electron chi connectivity index (χ4n) is 2.97. The topological polar surface area (TPSA) is 53.5 Å². The molecule has 1 amide bonds. The maximum absolute atomic E-state index is 12.2. The van der Waals surface area contributed by atoms with E-state index in [9.17, 15) is 4.79 Å². The van der Waals surface area contributed by atoms with Crippen molar-refractivity contribution in [2.75, 3.05) is 6.54 Å². The van der Waals surface area contributed by atoms with E-state index in [-0.39, 0.29) is 11.4 Å². The Balaban J connectivity index is 2.11. The van der Waals surface area contributed by atoms with Crippen LogP contribution in [0.1, 0.15) is 46.5 Å². The van der Waals surface area contributed by atoms with Crippen molar-refractivity contribution in [2.45, 2.75) is 52.0 Å². The molecule has 17 heavy (non-hydrogen) atoms. The fourth-order valence-corrected chi connectivity index (χ4v) is 2.97. The Kier molecular flexibility index (Phi) is 3.40. The molecule has 2 N–H and O–H groups in total. The van der Waals surface area contributed by atoms with Gasteiger partial charge < -0.3 is 5.32 Å². The van der Waals surface area contributed by atoms with Crippen molar-refractivity contribution in [3.05, 3.63) is 0 Å². The second-order valence-corrected chi connectivity index (χ2v) is 5.63. The third kappa shape index (κ3) is 2.17. The molecule has 1 spiro atoms. The van der Waals surface area contributed by atoms with Crippen LogP contribution in [0, 0.1) is 11.8 Å². The van der Waals surface area contributed by atoms with Crippen LogP contribution in [0.25, 0.3) is 0 Å². The molecule has 1 saturated heterocycles. The predicted octanol–water partition coefficient (Wildman–Crippen LogP) is 1.67. The van der Waals surface area contributed by atoms with Gasteiger partial charge in [0.2, 0.25) is 0 Å². The van der Waals surface area contributed by atoms with Gasteiger partial charge in [-0.15, -0.1) is 0 Å². The maximum Gasteiger partial charge on any atom is 0.252 e. The van der Waals surface area contributed by atoms with E-state index in [0.717, 1.165) is 32.2 Å². The van der Waals surface area contributed by atoms with Crippen molar-refractivity contribution >= 4 is 11.9 Å². The minimum absolute atomic E-state index is 0.129. The SMILES string of the molecule is CCC1CCCC12NC(=NCC(C)C)NC2=O. The quantitative estimate of drug-likeness (QED) is 0.784. The third-order valence-electron chi connectivity index (χ3n) is 3.91.